The molecule has 0 radical (unpaired) electrons. The predicted octanol–water partition coefficient (Wildman–Crippen LogP) is 2.59. The maximum Gasteiger partial charge on any atom is 0.328 e. The summed E-state index contributed by atoms with van der Waals surface area (Å²) >= 11 is 0. The summed E-state index contributed by atoms with van der Waals surface area (Å²) in [4.78, 5) is 10.5. The number of rotatable bonds is 6. The van der Waals surface area contributed by atoms with E-state index in [1.807, 2.05) is 0 Å². The first-order chi connectivity index (χ1) is 10.9. The summed E-state index contributed by atoms with van der Waals surface area (Å²) in [5, 5.41) is 8.56. The number of hydrogen-bond acceptors (Lipinski definition) is 4. The highest BCUT2D eigenvalue weighted by molar-refractivity contribution is 7.92. The number of hydrogen-bond donors (Lipinski definition) is 2. The maximum absolute atomic E-state index is 12.3. The number of sulfonamides is 1. The highest BCUT2D eigenvalue weighted by atomic mass is 32.2. The molecule has 2 aromatic rings. The third-order valence-corrected chi connectivity index (χ3v) is 4.35. The number of nitrogens with one attached hydrogen (secondary N) is 1. The molecule has 2 N–H and O–H groups in total. The van der Waals surface area contributed by atoms with Crippen molar-refractivity contribution in [3.63, 3.8) is 0 Å². The molecule has 0 saturated heterocycles. The van der Waals surface area contributed by atoms with Gasteiger partial charge in [-0.1, -0.05) is 12.1 Å². The van der Waals surface area contributed by atoms with Gasteiger partial charge in [-0.05, 0) is 48.0 Å². The molecular weight excluding hydrogens is 318 g/mol. The van der Waals surface area contributed by atoms with Crippen LogP contribution in [0.1, 0.15) is 5.56 Å². The summed E-state index contributed by atoms with van der Waals surface area (Å²) in [6, 6.07) is 12.4. The predicted molar refractivity (Wildman–Crippen MR) is 86.9 cm³/mol. The SMILES string of the molecule is COc1ccc(NS(=O)(=O)c2ccc(/C=C\C(=O)O)cc2)cc1. The lowest BCUT2D eigenvalue weighted by atomic mass is 10.2. The van der Waals surface area contributed by atoms with Gasteiger partial charge in [-0.2, -0.15) is 0 Å². The Bertz CT molecular complexity index is 809. The van der Waals surface area contributed by atoms with Crippen molar-refractivity contribution in [1.82, 2.24) is 0 Å². The molecular formula is C16H15NO5S. The van der Waals surface area contributed by atoms with Crippen LogP contribution >= 0.6 is 0 Å². The van der Waals surface area contributed by atoms with Crippen molar-refractivity contribution in [2.24, 2.45) is 0 Å². The van der Waals surface area contributed by atoms with Gasteiger partial charge in [0.1, 0.15) is 5.75 Å². The molecule has 7 heteroatoms. The van der Waals surface area contributed by atoms with Crippen LogP contribution in [0, 0.1) is 0 Å². The number of carboxylic acid groups (broad SMARTS) is 1. The first kappa shape index (κ1) is 16.6. The standard InChI is InChI=1S/C16H15NO5S/c1-22-14-7-5-13(6-8-14)17-23(20,21)15-9-2-12(3-10-15)4-11-16(18)19/h2-11,17H,1H3,(H,18,19)/b11-4-. The van der Waals surface area contributed by atoms with Crippen molar-refractivity contribution < 1.29 is 23.1 Å². The Balaban J connectivity index is 2.16. The van der Waals surface area contributed by atoms with E-state index in [-0.39, 0.29) is 4.90 Å². The van der Waals surface area contributed by atoms with Crippen LogP contribution in [0.5, 0.6) is 5.75 Å². The average molecular weight is 333 g/mol. The first-order valence-electron chi connectivity index (χ1n) is 6.59. The van der Waals surface area contributed by atoms with Crippen molar-refractivity contribution >= 4 is 27.8 Å². The highest BCUT2D eigenvalue weighted by Gasteiger charge is 2.13. The molecule has 2 rings (SSSR count). The highest BCUT2D eigenvalue weighted by Crippen LogP contribution is 2.19. The van der Waals surface area contributed by atoms with Crippen LogP contribution in [-0.4, -0.2) is 26.6 Å². The molecule has 0 heterocycles. The lowest BCUT2D eigenvalue weighted by Gasteiger charge is -2.09. The minimum Gasteiger partial charge on any atom is -0.497 e. The number of carbonyl (C=O) groups is 1. The maximum atomic E-state index is 12.3. The van der Waals surface area contributed by atoms with Crippen LogP contribution in [0.15, 0.2) is 59.5 Å². The molecule has 0 unspecified atom stereocenters. The van der Waals surface area contributed by atoms with Crippen molar-refractivity contribution in [2.75, 3.05) is 11.8 Å². The third kappa shape index (κ3) is 4.58. The summed E-state index contributed by atoms with van der Waals surface area (Å²) in [6.45, 7) is 0. The Kier molecular flexibility index (Phi) is 5.02. The van der Waals surface area contributed by atoms with E-state index in [0.29, 0.717) is 17.0 Å². The van der Waals surface area contributed by atoms with Crippen LogP contribution in [0.4, 0.5) is 5.69 Å². The second-order valence-electron chi connectivity index (χ2n) is 4.57. The molecule has 0 aromatic heterocycles. The van der Waals surface area contributed by atoms with Crippen molar-refractivity contribution in [3.8, 4) is 5.75 Å². The number of methoxy groups -OCH3 is 1. The minimum atomic E-state index is -3.71. The van der Waals surface area contributed by atoms with E-state index in [0.717, 1.165) is 6.08 Å². The fraction of sp³-hybridized carbons (Fsp3) is 0.0625. The number of benzene rings is 2. The van der Waals surface area contributed by atoms with E-state index in [1.165, 1.54) is 37.5 Å². The molecule has 23 heavy (non-hydrogen) atoms. The van der Waals surface area contributed by atoms with Gasteiger partial charge in [-0.15, -0.1) is 0 Å². The van der Waals surface area contributed by atoms with E-state index in [4.69, 9.17) is 9.84 Å². The quantitative estimate of drug-likeness (QED) is 0.793. The van der Waals surface area contributed by atoms with Gasteiger partial charge in [0.15, 0.2) is 0 Å². The molecule has 120 valence electrons. The summed E-state index contributed by atoms with van der Waals surface area (Å²) < 4.78 is 32.0. The Morgan fingerprint density at radius 3 is 2.22 bits per heavy atom. The topological polar surface area (TPSA) is 92.7 Å². The molecule has 0 atom stereocenters. The second-order valence-corrected chi connectivity index (χ2v) is 6.26. The molecule has 6 nitrogen and oxygen atoms in total. The van der Waals surface area contributed by atoms with Gasteiger partial charge in [-0.3, -0.25) is 4.72 Å². The molecule has 0 bridgehead atoms. The fourth-order valence-electron chi connectivity index (χ4n) is 1.80. The van der Waals surface area contributed by atoms with Gasteiger partial charge < -0.3 is 9.84 Å². The normalized spacial score (nSPS) is 11.3. The fourth-order valence-corrected chi connectivity index (χ4v) is 2.86. The third-order valence-electron chi connectivity index (χ3n) is 2.95. The minimum absolute atomic E-state index is 0.0841. The Morgan fingerprint density at radius 2 is 1.70 bits per heavy atom. The van der Waals surface area contributed by atoms with E-state index >= 15 is 0 Å². The summed E-state index contributed by atoms with van der Waals surface area (Å²) in [5.41, 5.74) is 1.01. The zero-order chi connectivity index (χ0) is 16.9. The second kappa shape index (κ2) is 6.97. The molecule has 0 aliphatic heterocycles. The number of aliphatic carboxylic acids is 1. The van der Waals surface area contributed by atoms with Gasteiger partial charge >= 0.3 is 5.97 Å². The summed E-state index contributed by atoms with van der Waals surface area (Å²) in [6.07, 6.45) is 2.37. The largest absolute Gasteiger partial charge is 0.497 e. The van der Waals surface area contributed by atoms with Gasteiger partial charge in [0, 0.05) is 11.8 Å². The zero-order valence-corrected chi connectivity index (χ0v) is 13.1. The Labute approximate surface area is 134 Å². The van der Waals surface area contributed by atoms with Crippen molar-refractivity contribution in [1.29, 1.82) is 0 Å². The Morgan fingerprint density at radius 1 is 1.09 bits per heavy atom. The Hall–Kier alpha value is -2.80. The summed E-state index contributed by atoms with van der Waals surface area (Å²) in [7, 11) is -2.18. The molecule has 0 spiro atoms. The monoisotopic (exact) mass is 333 g/mol. The van der Waals surface area contributed by atoms with E-state index in [2.05, 4.69) is 4.72 Å². The van der Waals surface area contributed by atoms with Gasteiger partial charge in [-0.25, -0.2) is 13.2 Å². The van der Waals surface area contributed by atoms with E-state index in [1.54, 1.807) is 24.3 Å². The number of carboxylic acids is 1. The van der Waals surface area contributed by atoms with Crippen molar-refractivity contribution in [2.45, 2.75) is 4.90 Å². The van der Waals surface area contributed by atoms with Crippen LogP contribution in [0.3, 0.4) is 0 Å². The molecule has 0 saturated carbocycles. The number of anilines is 1. The number of ether oxygens (including phenoxy) is 1. The van der Waals surface area contributed by atoms with Gasteiger partial charge in [0.05, 0.1) is 12.0 Å². The molecule has 0 aliphatic rings. The molecule has 2 aromatic carbocycles. The molecule has 0 aliphatic carbocycles. The zero-order valence-electron chi connectivity index (χ0n) is 12.3. The average Bonchev–Trinajstić information content (AvgIpc) is 2.53. The van der Waals surface area contributed by atoms with Crippen LogP contribution in [0.2, 0.25) is 0 Å². The van der Waals surface area contributed by atoms with E-state index in [9.17, 15) is 13.2 Å². The van der Waals surface area contributed by atoms with Gasteiger partial charge in [0.25, 0.3) is 10.0 Å². The molecule has 0 amide bonds. The van der Waals surface area contributed by atoms with Crippen LogP contribution in [-0.2, 0) is 14.8 Å². The van der Waals surface area contributed by atoms with Gasteiger partial charge in [0.2, 0.25) is 0 Å². The lowest BCUT2D eigenvalue weighted by molar-refractivity contribution is -0.131. The first-order valence-corrected chi connectivity index (χ1v) is 8.07. The van der Waals surface area contributed by atoms with Crippen molar-refractivity contribution in [3.05, 3.63) is 60.2 Å². The lowest BCUT2D eigenvalue weighted by Crippen LogP contribution is -2.12. The summed E-state index contributed by atoms with van der Waals surface area (Å²) in [5.74, 6) is -0.439. The van der Waals surface area contributed by atoms with Crippen LogP contribution < -0.4 is 9.46 Å². The van der Waals surface area contributed by atoms with E-state index < -0.39 is 16.0 Å². The molecule has 0 fully saturated rings. The smallest absolute Gasteiger partial charge is 0.328 e. The van der Waals surface area contributed by atoms with Crippen LogP contribution in [0.25, 0.3) is 6.08 Å².